The predicted molar refractivity (Wildman–Crippen MR) is 62.0 cm³/mol. The Kier molecular flexibility index (Phi) is 3.27. The maximum atomic E-state index is 9.17. The van der Waals surface area contributed by atoms with E-state index < -0.39 is 0 Å². The lowest BCUT2D eigenvalue weighted by Crippen LogP contribution is -2.41. The summed E-state index contributed by atoms with van der Waals surface area (Å²) in [6.07, 6.45) is 5.08. The molecule has 1 fully saturated rings. The Bertz CT molecular complexity index is 303. The standard InChI is InChI=1S/C13H19NO/c1-10(14-12-3-2-4-12)9-11-5-7-13(15)8-6-11/h5-8,10,12,14-15H,2-4,9H2,1H3. The first-order valence-corrected chi connectivity index (χ1v) is 5.78. The van der Waals surface area contributed by atoms with E-state index in [-0.39, 0.29) is 0 Å². The van der Waals surface area contributed by atoms with Gasteiger partial charge in [-0.2, -0.15) is 0 Å². The first-order chi connectivity index (χ1) is 7.24. The van der Waals surface area contributed by atoms with Gasteiger partial charge in [-0.25, -0.2) is 0 Å². The van der Waals surface area contributed by atoms with Gasteiger partial charge in [0.05, 0.1) is 0 Å². The second kappa shape index (κ2) is 4.67. The lowest BCUT2D eigenvalue weighted by molar-refractivity contribution is 0.310. The molecule has 0 bridgehead atoms. The van der Waals surface area contributed by atoms with E-state index in [1.165, 1.54) is 24.8 Å². The maximum absolute atomic E-state index is 9.17. The van der Waals surface area contributed by atoms with E-state index in [9.17, 15) is 0 Å². The van der Waals surface area contributed by atoms with Crippen molar-refractivity contribution in [2.24, 2.45) is 0 Å². The molecule has 0 aromatic heterocycles. The van der Waals surface area contributed by atoms with Crippen LogP contribution in [0, 0.1) is 0 Å². The zero-order chi connectivity index (χ0) is 10.7. The number of rotatable bonds is 4. The quantitative estimate of drug-likeness (QED) is 0.791. The monoisotopic (exact) mass is 205 g/mol. The molecule has 0 heterocycles. The van der Waals surface area contributed by atoms with E-state index in [0.717, 1.165) is 12.5 Å². The van der Waals surface area contributed by atoms with E-state index in [2.05, 4.69) is 12.2 Å². The van der Waals surface area contributed by atoms with Crippen molar-refractivity contribution in [3.8, 4) is 5.75 Å². The minimum absolute atomic E-state index is 0.346. The first-order valence-electron chi connectivity index (χ1n) is 5.78. The van der Waals surface area contributed by atoms with E-state index in [4.69, 9.17) is 5.11 Å². The van der Waals surface area contributed by atoms with Crippen molar-refractivity contribution in [2.45, 2.75) is 44.7 Å². The van der Waals surface area contributed by atoms with Crippen molar-refractivity contribution in [3.05, 3.63) is 29.8 Å². The summed E-state index contributed by atoms with van der Waals surface area (Å²) in [5.74, 6) is 0.346. The first kappa shape index (κ1) is 10.5. The van der Waals surface area contributed by atoms with Crippen LogP contribution in [0.25, 0.3) is 0 Å². The third kappa shape index (κ3) is 2.96. The van der Waals surface area contributed by atoms with Gasteiger partial charge in [-0.1, -0.05) is 18.6 Å². The molecule has 1 saturated carbocycles. The Hall–Kier alpha value is -1.02. The SMILES string of the molecule is CC(Cc1ccc(O)cc1)NC1CCC1. The summed E-state index contributed by atoms with van der Waals surface area (Å²) < 4.78 is 0. The normalized spacial score (nSPS) is 18.5. The Morgan fingerprint density at radius 2 is 2.00 bits per heavy atom. The highest BCUT2D eigenvalue weighted by molar-refractivity contribution is 5.26. The van der Waals surface area contributed by atoms with E-state index in [1.54, 1.807) is 12.1 Å². The Labute approximate surface area is 91.3 Å². The van der Waals surface area contributed by atoms with E-state index in [0.29, 0.717) is 11.8 Å². The molecule has 82 valence electrons. The highest BCUT2D eigenvalue weighted by Crippen LogP contribution is 2.19. The number of phenolic OH excluding ortho intramolecular Hbond substituents is 1. The molecule has 1 unspecified atom stereocenters. The minimum atomic E-state index is 0.346. The molecule has 1 aliphatic carbocycles. The van der Waals surface area contributed by atoms with Crippen molar-refractivity contribution in [2.75, 3.05) is 0 Å². The molecule has 0 saturated heterocycles. The molecule has 2 N–H and O–H groups in total. The van der Waals surface area contributed by atoms with E-state index in [1.807, 2.05) is 12.1 Å². The van der Waals surface area contributed by atoms with Crippen LogP contribution in [-0.2, 0) is 6.42 Å². The fourth-order valence-corrected chi connectivity index (χ4v) is 2.02. The predicted octanol–water partition coefficient (Wildman–Crippen LogP) is 2.47. The Morgan fingerprint density at radius 1 is 1.33 bits per heavy atom. The van der Waals surface area contributed by atoms with Gasteiger partial charge in [0, 0.05) is 12.1 Å². The second-order valence-electron chi connectivity index (χ2n) is 4.57. The molecule has 2 rings (SSSR count). The smallest absolute Gasteiger partial charge is 0.115 e. The molecule has 0 amide bonds. The number of aromatic hydroxyl groups is 1. The summed E-state index contributed by atoms with van der Waals surface area (Å²) in [6, 6.07) is 8.77. The van der Waals surface area contributed by atoms with Crippen LogP contribution in [0.15, 0.2) is 24.3 Å². The largest absolute Gasteiger partial charge is 0.508 e. The van der Waals surface area contributed by atoms with Crippen molar-refractivity contribution in [1.29, 1.82) is 0 Å². The van der Waals surface area contributed by atoms with Crippen LogP contribution in [0.3, 0.4) is 0 Å². The van der Waals surface area contributed by atoms with Gasteiger partial charge in [-0.3, -0.25) is 0 Å². The third-order valence-electron chi connectivity index (χ3n) is 3.10. The van der Waals surface area contributed by atoms with Crippen LogP contribution in [0.4, 0.5) is 0 Å². The molecule has 15 heavy (non-hydrogen) atoms. The van der Waals surface area contributed by atoms with Crippen LogP contribution in [0.2, 0.25) is 0 Å². The van der Waals surface area contributed by atoms with Gasteiger partial charge in [0.25, 0.3) is 0 Å². The summed E-state index contributed by atoms with van der Waals surface area (Å²) in [7, 11) is 0. The van der Waals surface area contributed by atoms with Gasteiger partial charge >= 0.3 is 0 Å². The minimum Gasteiger partial charge on any atom is -0.508 e. The summed E-state index contributed by atoms with van der Waals surface area (Å²) >= 11 is 0. The molecule has 1 aliphatic rings. The van der Waals surface area contributed by atoms with Crippen LogP contribution in [0.5, 0.6) is 5.75 Å². The topological polar surface area (TPSA) is 32.3 Å². The average Bonchev–Trinajstić information content (AvgIpc) is 2.16. The number of nitrogens with one attached hydrogen (secondary N) is 1. The fourth-order valence-electron chi connectivity index (χ4n) is 2.02. The highest BCUT2D eigenvalue weighted by atomic mass is 16.3. The van der Waals surface area contributed by atoms with Gasteiger partial charge in [0.1, 0.15) is 5.75 Å². The van der Waals surface area contributed by atoms with Gasteiger partial charge in [0.15, 0.2) is 0 Å². The Balaban J connectivity index is 1.82. The molecule has 1 aromatic rings. The van der Waals surface area contributed by atoms with Crippen LogP contribution in [-0.4, -0.2) is 17.2 Å². The van der Waals surface area contributed by atoms with Gasteiger partial charge in [-0.05, 0) is 43.9 Å². The second-order valence-corrected chi connectivity index (χ2v) is 4.57. The van der Waals surface area contributed by atoms with Crippen molar-refractivity contribution < 1.29 is 5.11 Å². The molecule has 0 radical (unpaired) electrons. The van der Waals surface area contributed by atoms with Gasteiger partial charge in [-0.15, -0.1) is 0 Å². The number of hydrogen-bond acceptors (Lipinski definition) is 2. The molecule has 2 heteroatoms. The molecule has 0 spiro atoms. The number of benzene rings is 1. The van der Waals surface area contributed by atoms with Crippen molar-refractivity contribution in [3.63, 3.8) is 0 Å². The lowest BCUT2D eigenvalue weighted by Gasteiger charge is -2.30. The average molecular weight is 205 g/mol. The van der Waals surface area contributed by atoms with Crippen molar-refractivity contribution in [1.82, 2.24) is 5.32 Å². The number of phenols is 1. The molecule has 1 aromatic carbocycles. The summed E-state index contributed by atoms with van der Waals surface area (Å²) in [5, 5.41) is 12.8. The molecular weight excluding hydrogens is 186 g/mol. The molecule has 2 nitrogen and oxygen atoms in total. The highest BCUT2D eigenvalue weighted by Gasteiger charge is 2.18. The maximum Gasteiger partial charge on any atom is 0.115 e. The summed E-state index contributed by atoms with van der Waals surface area (Å²) in [4.78, 5) is 0. The van der Waals surface area contributed by atoms with E-state index >= 15 is 0 Å². The molecule has 0 aliphatic heterocycles. The van der Waals surface area contributed by atoms with Gasteiger partial charge in [0.2, 0.25) is 0 Å². The summed E-state index contributed by atoms with van der Waals surface area (Å²) in [5.41, 5.74) is 1.28. The molecular formula is C13H19NO. The molecule has 1 atom stereocenters. The van der Waals surface area contributed by atoms with Crippen LogP contribution >= 0.6 is 0 Å². The zero-order valence-electron chi connectivity index (χ0n) is 9.24. The lowest BCUT2D eigenvalue weighted by atomic mass is 9.92. The zero-order valence-corrected chi connectivity index (χ0v) is 9.24. The fraction of sp³-hybridized carbons (Fsp3) is 0.538. The Morgan fingerprint density at radius 3 is 2.53 bits per heavy atom. The van der Waals surface area contributed by atoms with Gasteiger partial charge < -0.3 is 10.4 Å². The summed E-state index contributed by atoms with van der Waals surface area (Å²) in [6.45, 7) is 2.23. The number of hydrogen-bond donors (Lipinski definition) is 2. The van der Waals surface area contributed by atoms with Crippen LogP contribution in [0.1, 0.15) is 31.7 Å². The van der Waals surface area contributed by atoms with Crippen molar-refractivity contribution >= 4 is 0 Å². The van der Waals surface area contributed by atoms with Crippen LogP contribution < -0.4 is 5.32 Å². The third-order valence-corrected chi connectivity index (χ3v) is 3.10.